The van der Waals surface area contributed by atoms with Crippen LogP contribution < -0.4 is 5.32 Å². The number of pyridine rings is 1. The van der Waals surface area contributed by atoms with Crippen molar-refractivity contribution in [2.45, 2.75) is 31.6 Å². The Morgan fingerprint density at radius 1 is 1.17 bits per heavy atom. The average molecular weight is 422 g/mol. The third kappa shape index (κ3) is 4.70. The van der Waals surface area contributed by atoms with E-state index in [-0.39, 0.29) is 12.1 Å². The van der Waals surface area contributed by atoms with E-state index in [0.717, 1.165) is 12.1 Å². The van der Waals surface area contributed by atoms with E-state index in [1.165, 1.54) is 30.0 Å². The number of hydrogen-bond acceptors (Lipinski definition) is 3. The Morgan fingerprint density at radius 3 is 2.59 bits per heavy atom. The van der Waals surface area contributed by atoms with Gasteiger partial charge in [0.05, 0.1) is 16.6 Å². The molecule has 29 heavy (non-hydrogen) atoms. The molecule has 0 unspecified atom stereocenters. The molecule has 3 rings (SSSR count). The van der Waals surface area contributed by atoms with E-state index < -0.39 is 23.5 Å². The van der Waals surface area contributed by atoms with E-state index in [4.69, 9.17) is 0 Å². The molecular weight excluding hydrogens is 404 g/mol. The minimum absolute atomic E-state index is 0.122. The molecule has 1 aromatic heterocycles. The fourth-order valence-electron chi connectivity index (χ4n) is 3.00. The molecule has 0 fully saturated rings. The summed E-state index contributed by atoms with van der Waals surface area (Å²) in [7, 11) is 0. The van der Waals surface area contributed by atoms with Crippen molar-refractivity contribution in [3.05, 3.63) is 70.5 Å². The van der Waals surface area contributed by atoms with Gasteiger partial charge in [-0.3, -0.25) is 4.79 Å². The second-order valence-electron chi connectivity index (χ2n) is 6.39. The zero-order chi connectivity index (χ0) is 21.2. The van der Waals surface area contributed by atoms with Gasteiger partial charge in [0.1, 0.15) is 10.8 Å². The summed E-state index contributed by atoms with van der Waals surface area (Å²) in [5.74, 6) is -0.207. The van der Waals surface area contributed by atoms with Gasteiger partial charge in [-0.1, -0.05) is 25.1 Å². The lowest BCUT2D eigenvalue weighted by molar-refractivity contribution is -0.137. The minimum Gasteiger partial charge on any atom is -0.348 e. The van der Waals surface area contributed by atoms with Gasteiger partial charge in [0, 0.05) is 11.9 Å². The molecular formula is C21H18F4N2OS. The number of carbonyl (C=O) groups is 1. The largest absolute Gasteiger partial charge is 0.416 e. The highest BCUT2D eigenvalue weighted by atomic mass is 32.2. The molecule has 0 saturated heterocycles. The second-order valence-corrected chi connectivity index (χ2v) is 7.64. The number of benzene rings is 2. The van der Waals surface area contributed by atoms with Crippen LogP contribution in [-0.2, 0) is 12.7 Å². The van der Waals surface area contributed by atoms with Crippen molar-refractivity contribution in [1.29, 1.82) is 0 Å². The van der Waals surface area contributed by atoms with Crippen LogP contribution in [-0.4, -0.2) is 16.6 Å². The van der Waals surface area contributed by atoms with Crippen molar-refractivity contribution in [2.75, 3.05) is 5.75 Å². The van der Waals surface area contributed by atoms with Gasteiger partial charge in [-0.25, -0.2) is 9.37 Å². The van der Waals surface area contributed by atoms with Crippen LogP contribution in [0.5, 0.6) is 0 Å². The van der Waals surface area contributed by atoms with Gasteiger partial charge < -0.3 is 5.32 Å². The lowest BCUT2D eigenvalue weighted by Crippen LogP contribution is -2.25. The molecule has 0 atom stereocenters. The predicted octanol–water partition coefficient (Wildman–Crippen LogP) is 5.74. The Balaban J connectivity index is 2.00. The van der Waals surface area contributed by atoms with E-state index in [9.17, 15) is 22.4 Å². The standard InChI is InChI=1S/C21H18F4N2OS/c1-3-29-20-18(19(28)26-11-13-5-4-6-15(22)9-13)12(2)16-8-7-14(21(23,24)25)10-17(16)27-20/h4-10H,3,11H2,1-2H3,(H,26,28). The molecule has 0 saturated carbocycles. The normalized spacial score (nSPS) is 11.7. The van der Waals surface area contributed by atoms with Crippen molar-refractivity contribution in [3.63, 3.8) is 0 Å². The van der Waals surface area contributed by atoms with Crippen LogP contribution in [0.1, 0.15) is 34.0 Å². The summed E-state index contributed by atoms with van der Waals surface area (Å²) in [6, 6.07) is 9.20. The molecule has 0 aliphatic carbocycles. The number of halogens is 4. The van der Waals surface area contributed by atoms with Crippen molar-refractivity contribution in [3.8, 4) is 0 Å². The van der Waals surface area contributed by atoms with Crippen molar-refractivity contribution in [2.24, 2.45) is 0 Å². The molecule has 8 heteroatoms. The first-order valence-corrected chi connectivity index (χ1v) is 9.86. The van der Waals surface area contributed by atoms with Gasteiger partial charge in [0.15, 0.2) is 0 Å². The molecule has 152 valence electrons. The minimum atomic E-state index is -4.47. The molecule has 1 heterocycles. The summed E-state index contributed by atoms with van der Waals surface area (Å²) in [6.07, 6.45) is -4.47. The first-order chi connectivity index (χ1) is 13.7. The molecule has 1 N–H and O–H groups in total. The second kappa shape index (κ2) is 8.41. The van der Waals surface area contributed by atoms with E-state index in [2.05, 4.69) is 10.3 Å². The zero-order valence-corrected chi connectivity index (χ0v) is 16.5. The van der Waals surface area contributed by atoms with Crippen LogP contribution in [0.25, 0.3) is 10.9 Å². The first kappa shape index (κ1) is 21.1. The molecule has 2 aromatic carbocycles. The highest BCUT2D eigenvalue weighted by Crippen LogP contribution is 2.34. The van der Waals surface area contributed by atoms with Crippen LogP contribution >= 0.6 is 11.8 Å². The molecule has 1 amide bonds. The summed E-state index contributed by atoms with van der Waals surface area (Å²) < 4.78 is 52.4. The molecule has 3 nitrogen and oxygen atoms in total. The topological polar surface area (TPSA) is 42.0 Å². The van der Waals surface area contributed by atoms with Crippen LogP contribution in [0, 0.1) is 12.7 Å². The van der Waals surface area contributed by atoms with Crippen LogP contribution in [0.2, 0.25) is 0 Å². The highest BCUT2D eigenvalue weighted by molar-refractivity contribution is 7.99. The van der Waals surface area contributed by atoms with Crippen molar-refractivity contribution < 1.29 is 22.4 Å². The van der Waals surface area contributed by atoms with Gasteiger partial charge >= 0.3 is 6.18 Å². The number of carbonyl (C=O) groups excluding carboxylic acids is 1. The number of thioether (sulfide) groups is 1. The summed E-state index contributed by atoms with van der Waals surface area (Å²) in [5.41, 5.74) is 0.879. The fourth-order valence-corrected chi connectivity index (χ4v) is 3.83. The van der Waals surface area contributed by atoms with Crippen molar-refractivity contribution >= 4 is 28.6 Å². The smallest absolute Gasteiger partial charge is 0.348 e. The van der Waals surface area contributed by atoms with Gasteiger partial charge in [-0.15, -0.1) is 11.8 Å². The van der Waals surface area contributed by atoms with E-state index in [1.54, 1.807) is 19.1 Å². The number of hydrogen-bond donors (Lipinski definition) is 1. The van der Waals surface area contributed by atoms with Crippen molar-refractivity contribution in [1.82, 2.24) is 10.3 Å². The molecule has 0 aliphatic heterocycles. The fraction of sp³-hybridized carbons (Fsp3) is 0.238. The monoisotopic (exact) mass is 422 g/mol. The summed E-state index contributed by atoms with van der Waals surface area (Å²) >= 11 is 1.28. The SMILES string of the molecule is CCSc1nc2cc(C(F)(F)F)ccc2c(C)c1C(=O)NCc1cccc(F)c1. The summed E-state index contributed by atoms with van der Waals surface area (Å²) in [6.45, 7) is 3.68. The quantitative estimate of drug-likeness (QED) is 0.421. The third-order valence-electron chi connectivity index (χ3n) is 4.39. The van der Waals surface area contributed by atoms with E-state index in [1.807, 2.05) is 6.92 Å². The lowest BCUT2D eigenvalue weighted by Gasteiger charge is -2.15. The van der Waals surface area contributed by atoms with Gasteiger partial charge in [0.25, 0.3) is 5.91 Å². The van der Waals surface area contributed by atoms with Gasteiger partial charge in [-0.2, -0.15) is 13.2 Å². The molecule has 0 spiro atoms. The Kier molecular flexibility index (Phi) is 6.12. The number of nitrogens with one attached hydrogen (secondary N) is 1. The summed E-state index contributed by atoms with van der Waals surface area (Å²) in [5, 5.41) is 3.59. The molecule has 0 aliphatic rings. The maximum absolute atomic E-state index is 13.3. The number of amides is 1. The van der Waals surface area contributed by atoms with E-state index >= 15 is 0 Å². The average Bonchev–Trinajstić information content (AvgIpc) is 2.65. The molecule has 0 radical (unpaired) electrons. The highest BCUT2D eigenvalue weighted by Gasteiger charge is 2.31. The zero-order valence-electron chi connectivity index (χ0n) is 15.7. The lowest BCUT2D eigenvalue weighted by atomic mass is 10.0. The number of aromatic nitrogens is 1. The number of rotatable bonds is 5. The number of alkyl halides is 3. The van der Waals surface area contributed by atoms with Crippen LogP contribution in [0.4, 0.5) is 17.6 Å². The summed E-state index contributed by atoms with van der Waals surface area (Å²) in [4.78, 5) is 17.2. The van der Waals surface area contributed by atoms with Gasteiger partial charge in [-0.05, 0) is 48.1 Å². The number of aryl methyl sites for hydroxylation is 1. The van der Waals surface area contributed by atoms with Crippen LogP contribution in [0.15, 0.2) is 47.5 Å². The maximum Gasteiger partial charge on any atom is 0.416 e. The Hall–Kier alpha value is -2.61. The first-order valence-electron chi connectivity index (χ1n) is 8.87. The van der Waals surface area contributed by atoms with Crippen LogP contribution in [0.3, 0.4) is 0 Å². The number of nitrogens with zero attached hydrogens (tertiary/aromatic N) is 1. The van der Waals surface area contributed by atoms with E-state index in [0.29, 0.717) is 32.9 Å². The predicted molar refractivity (Wildman–Crippen MR) is 105 cm³/mol. The molecule has 3 aromatic rings. The maximum atomic E-state index is 13.3. The Labute approximate surface area is 169 Å². The van der Waals surface area contributed by atoms with Gasteiger partial charge in [0.2, 0.25) is 0 Å². The number of fused-ring (bicyclic) bond motifs is 1. The third-order valence-corrected chi connectivity index (χ3v) is 5.25. The Morgan fingerprint density at radius 2 is 1.93 bits per heavy atom. The molecule has 0 bridgehead atoms. The Bertz CT molecular complexity index is 1070.